The second-order valence-corrected chi connectivity index (χ2v) is 6.82. The Kier molecular flexibility index (Phi) is 9.64. The molecule has 0 saturated carbocycles. The van der Waals surface area contributed by atoms with Crippen LogP contribution in [-0.4, -0.2) is 58.8 Å². The highest BCUT2D eigenvalue weighted by molar-refractivity contribution is 5.94. The Balaban J connectivity index is 2.91. The van der Waals surface area contributed by atoms with Crippen LogP contribution in [-0.2, 0) is 25.6 Å². The third-order valence-corrected chi connectivity index (χ3v) is 4.08. The molecule has 1 unspecified atom stereocenters. The summed E-state index contributed by atoms with van der Waals surface area (Å²) in [5.74, 6) is -2.86. The second kappa shape index (κ2) is 11.7. The standard InChI is InChI=1S/C20H29N3O6/c1-5-13-28-20(27)23(19(21)22(4)17(14(2)3)18(25)26)29-16(24)12-11-15-9-7-6-8-10-15/h6-10,14,17,21H,5,11-13H2,1-4H3,(H,25,26). The normalized spacial score (nSPS) is 11.5. The Morgan fingerprint density at radius 3 is 2.31 bits per heavy atom. The first kappa shape index (κ1) is 23.9. The number of carbonyl (C=O) groups is 3. The maximum Gasteiger partial charge on any atom is 0.451 e. The average Bonchev–Trinajstić information content (AvgIpc) is 2.68. The number of likely N-dealkylation sites (N-methyl/N-ethyl adjacent to an activating group) is 1. The SMILES string of the molecule is CCCOC(=O)N(OC(=O)CCc1ccccc1)C(=N)N(C)C(C(=O)O)C(C)C. The van der Waals surface area contributed by atoms with Gasteiger partial charge in [0.05, 0.1) is 13.0 Å². The number of ether oxygens (including phenoxy) is 1. The van der Waals surface area contributed by atoms with E-state index in [-0.39, 0.29) is 18.9 Å². The number of hydroxylamine groups is 2. The van der Waals surface area contributed by atoms with Crippen molar-refractivity contribution in [3.63, 3.8) is 0 Å². The lowest BCUT2D eigenvalue weighted by molar-refractivity contribution is -0.170. The molecular formula is C20H29N3O6. The summed E-state index contributed by atoms with van der Waals surface area (Å²) in [6.07, 6.45) is -0.145. The zero-order chi connectivity index (χ0) is 22.0. The molecule has 160 valence electrons. The summed E-state index contributed by atoms with van der Waals surface area (Å²) in [7, 11) is 1.35. The van der Waals surface area contributed by atoms with Crippen molar-refractivity contribution in [2.75, 3.05) is 13.7 Å². The molecule has 1 amide bonds. The molecule has 0 aromatic heterocycles. The fraction of sp³-hybridized carbons (Fsp3) is 0.500. The van der Waals surface area contributed by atoms with Crippen LogP contribution in [0, 0.1) is 11.3 Å². The number of benzene rings is 1. The average molecular weight is 407 g/mol. The Morgan fingerprint density at radius 2 is 1.79 bits per heavy atom. The number of guanidine groups is 1. The zero-order valence-electron chi connectivity index (χ0n) is 17.3. The van der Waals surface area contributed by atoms with Gasteiger partial charge in [0.15, 0.2) is 0 Å². The number of aryl methyl sites for hydroxylation is 1. The van der Waals surface area contributed by atoms with Gasteiger partial charge < -0.3 is 19.6 Å². The third-order valence-electron chi connectivity index (χ3n) is 4.08. The molecule has 0 aliphatic heterocycles. The smallest absolute Gasteiger partial charge is 0.451 e. The van der Waals surface area contributed by atoms with E-state index in [0.717, 1.165) is 10.5 Å². The first-order chi connectivity index (χ1) is 13.7. The number of carbonyl (C=O) groups excluding carboxylic acids is 2. The summed E-state index contributed by atoms with van der Waals surface area (Å²) in [6.45, 7) is 5.21. The topological polar surface area (TPSA) is 120 Å². The molecule has 0 fully saturated rings. The quantitative estimate of drug-likeness (QED) is 0.386. The van der Waals surface area contributed by atoms with Crippen LogP contribution in [0.4, 0.5) is 4.79 Å². The molecule has 2 N–H and O–H groups in total. The number of nitrogens with zero attached hydrogens (tertiary/aromatic N) is 2. The first-order valence-electron chi connectivity index (χ1n) is 9.44. The van der Waals surface area contributed by atoms with Crippen LogP contribution in [0.1, 0.15) is 39.2 Å². The van der Waals surface area contributed by atoms with E-state index >= 15 is 0 Å². The fourth-order valence-electron chi connectivity index (χ4n) is 2.63. The summed E-state index contributed by atoms with van der Waals surface area (Å²) in [4.78, 5) is 42.3. The van der Waals surface area contributed by atoms with Crippen LogP contribution < -0.4 is 0 Å². The van der Waals surface area contributed by atoms with Crippen molar-refractivity contribution in [3.05, 3.63) is 35.9 Å². The summed E-state index contributed by atoms with van der Waals surface area (Å²) in [5.41, 5.74) is 0.919. The van der Waals surface area contributed by atoms with Gasteiger partial charge in [-0.1, -0.05) is 56.2 Å². The second-order valence-electron chi connectivity index (χ2n) is 6.82. The minimum atomic E-state index is -1.16. The minimum Gasteiger partial charge on any atom is -0.480 e. The largest absolute Gasteiger partial charge is 0.480 e. The Hall–Kier alpha value is -3.10. The van der Waals surface area contributed by atoms with Crippen LogP contribution >= 0.6 is 0 Å². The van der Waals surface area contributed by atoms with Crippen molar-refractivity contribution in [1.82, 2.24) is 9.96 Å². The molecule has 0 aliphatic carbocycles. The van der Waals surface area contributed by atoms with E-state index in [1.165, 1.54) is 7.05 Å². The molecule has 0 spiro atoms. The van der Waals surface area contributed by atoms with E-state index in [1.807, 2.05) is 30.3 Å². The predicted octanol–water partition coefficient (Wildman–Crippen LogP) is 2.90. The van der Waals surface area contributed by atoms with Crippen LogP contribution in [0.25, 0.3) is 0 Å². The molecule has 0 heterocycles. The molecule has 1 aromatic carbocycles. The van der Waals surface area contributed by atoms with Gasteiger partial charge >= 0.3 is 18.0 Å². The Bertz CT molecular complexity index is 707. The van der Waals surface area contributed by atoms with Gasteiger partial charge in [0.25, 0.3) is 0 Å². The van der Waals surface area contributed by atoms with Gasteiger partial charge in [-0.05, 0) is 24.3 Å². The van der Waals surface area contributed by atoms with Crippen molar-refractivity contribution in [2.24, 2.45) is 5.92 Å². The van der Waals surface area contributed by atoms with Crippen LogP contribution in [0.3, 0.4) is 0 Å². The van der Waals surface area contributed by atoms with E-state index < -0.39 is 30.0 Å². The van der Waals surface area contributed by atoms with Crippen molar-refractivity contribution < 1.29 is 29.1 Å². The highest BCUT2D eigenvalue weighted by Crippen LogP contribution is 2.14. The monoisotopic (exact) mass is 407 g/mol. The Labute approximate surface area is 170 Å². The molecule has 0 saturated heterocycles. The van der Waals surface area contributed by atoms with E-state index in [9.17, 15) is 19.5 Å². The molecule has 29 heavy (non-hydrogen) atoms. The van der Waals surface area contributed by atoms with Crippen LogP contribution in [0.2, 0.25) is 0 Å². The summed E-state index contributed by atoms with van der Waals surface area (Å²) in [6, 6.07) is 8.17. The van der Waals surface area contributed by atoms with Gasteiger partial charge in [0.1, 0.15) is 6.04 Å². The molecule has 9 heteroatoms. The number of aliphatic carboxylic acids is 1. The van der Waals surface area contributed by atoms with Gasteiger partial charge in [-0.3, -0.25) is 5.41 Å². The number of hydrogen-bond donors (Lipinski definition) is 2. The molecule has 9 nitrogen and oxygen atoms in total. The fourth-order valence-corrected chi connectivity index (χ4v) is 2.63. The van der Waals surface area contributed by atoms with Gasteiger partial charge in [-0.2, -0.15) is 0 Å². The van der Waals surface area contributed by atoms with Crippen molar-refractivity contribution in [1.29, 1.82) is 5.41 Å². The lowest BCUT2D eigenvalue weighted by atomic mass is 10.0. The number of amides is 1. The van der Waals surface area contributed by atoms with Gasteiger partial charge in [-0.25, -0.2) is 14.4 Å². The molecule has 1 rings (SSSR count). The van der Waals surface area contributed by atoms with Crippen molar-refractivity contribution in [2.45, 2.75) is 46.1 Å². The maximum absolute atomic E-state index is 12.3. The molecule has 0 bridgehead atoms. The highest BCUT2D eigenvalue weighted by atomic mass is 16.8. The predicted molar refractivity (Wildman–Crippen MR) is 106 cm³/mol. The van der Waals surface area contributed by atoms with Gasteiger partial charge in [0, 0.05) is 7.05 Å². The summed E-state index contributed by atoms with van der Waals surface area (Å²) >= 11 is 0. The van der Waals surface area contributed by atoms with E-state index in [0.29, 0.717) is 17.9 Å². The molecule has 0 radical (unpaired) electrons. The molecule has 1 aromatic rings. The van der Waals surface area contributed by atoms with E-state index in [2.05, 4.69) is 0 Å². The van der Waals surface area contributed by atoms with Crippen molar-refractivity contribution >= 4 is 24.0 Å². The number of nitrogens with one attached hydrogen (secondary N) is 1. The Morgan fingerprint density at radius 1 is 1.17 bits per heavy atom. The van der Waals surface area contributed by atoms with Gasteiger partial charge in [0.2, 0.25) is 5.96 Å². The lowest BCUT2D eigenvalue weighted by Gasteiger charge is -2.32. The van der Waals surface area contributed by atoms with Crippen LogP contribution in [0.5, 0.6) is 0 Å². The summed E-state index contributed by atoms with van der Waals surface area (Å²) < 4.78 is 4.98. The maximum atomic E-state index is 12.3. The highest BCUT2D eigenvalue weighted by Gasteiger charge is 2.35. The number of carboxylic acid groups (broad SMARTS) is 1. The van der Waals surface area contributed by atoms with E-state index in [1.54, 1.807) is 20.8 Å². The lowest BCUT2D eigenvalue weighted by Crippen LogP contribution is -2.53. The zero-order valence-corrected chi connectivity index (χ0v) is 17.3. The molecule has 0 aliphatic rings. The number of carboxylic acids is 1. The van der Waals surface area contributed by atoms with Crippen molar-refractivity contribution in [3.8, 4) is 0 Å². The van der Waals surface area contributed by atoms with Gasteiger partial charge in [-0.15, -0.1) is 0 Å². The first-order valence-corrected chi connectivity index (χ1v) is 9.44. The summed E-state index contributed by atoms with van der Waals surface area (Å²) in [5, 5.41) is 18.1. The third kappa shape index (κ3) is 7.44. The van der Waals surface area contributed by atoms with Crippen LogP contribution in [0.15, 0.2) is 30.3 Å². The number of rotatable bonds is 8. The number of hydrogen-bond acceptors (Lipinski definition) is 6. The van der Waals surface area contributed by atoms with E-state index in [4.69, 9.17) is 15.0 Å². The minimum absolute atomic E-state index is 0.0227. The molecular weight excluding hydrogens is 378 g/mol. The molecule has 1 atom stereocenters.